The van der Waals surface area contributed by atoms with E-state index in [1.54, 1.807) is 19.3 Å². The molecule has 2 heterocycles. The molecule has 1 amide bonds. The molecule has 1 N–H and O–H groups in total. The molecule has 0 spiro atoms. The van der Waals surface area contributed by atoms with Gasteiger partial charge < -0.3 is 9.88 Å². The molecule has 1 aromatic carbocycles. The maximum absolute atomic E-state index is 13.2. The number of aromatic nitrogens is 4. The molecule has 9 heteroatoms. The molecule has 140 valence electrons. The molecule has 0 aliphatic rings. The van der Waals surface area contributed by atoms with Gasteiger partial charge in [-0.15, -0.1) is 10.2 Å². The van der Waals surface area contributed by atoms with Gasteiger partial charge in [0.15, 0.2) is 11.0 Å². The van der Waals surface area contributed by atoms with E-state index in [2.05, 4.69) is 20.5 Å². The van der Waals surface area contributed by atoms with Crippen LogP contribution in [0.25, 0.3) is 11.4 Å². The number of halogens is 2. The van der Waals surface area contributed by atoms with E-state index in [4.69, 9.17) is 11.6 Å². The van der Waals surface area contributed by atoms with E-state index in [1.807, 2.05) is 23.6 Å². The lowest BCUT2D eigenvalue weighted by Crippen LogP contribution is -2.23. The van der Waals surface area contributed by atoms with Crippen molar-refractivity contribution < 1.29 is 9.18 Å². The number of carbonyl (C=O) groups excluding carboxylic acids is 1. The van der Waals surface area contributed by atoms with Crippen LogP contribution in [0.4, 0.5) is 10.1 Å². The summed E-state index contributed by atoms with van der Waals surface area (Å²) < 4.78 is 15.2. The van der Waals surface area contributed by atoms with Crippen molar-refractivity contribution in [2.45, 2.75) is 30.8 Å². The van der Waals surface area contributed by atoms with Gasteiger partial charge in [0, 0.05) is 30.2 Å². The molecule has 3 rings (SSSR count). The lowest BCUT2D eigenvalue weighted by Gasteiger charge is -2.13. The molecule has 0 fully saturated rings. The van der Waals surface area contributed by atoms with E-state index < -0.39 is 11.1 Å². The summed E-state index contributed by atoms with van der Waals surface area (Å²) in [6.07, 6.45) is 3.42. The predicted octanol–water partition coefficient (Wildman–Crippen LogP) is 4.27. The first-order chi connectivity index (χ1) is 13.0. The smallest absolute Gasteiger partial charge is 0.237 e. The van der Waals surface area contributed by atoms with Gasteiger partial charge in [-0.1, -0.05) is 23.4 Å². The predicted molar refractivity (Wildman–Crippen MR) is 104 cm³/mol. The lowest BCUT2D eigenvalue weighted by atomic mass is 10.3. The minimum Gasteiger partial charge on any atom is -0.325 e. The number of carbonyl (C=O) groups is 1. The van der Waals surface area contributed by atoms with Crippen molar-refractivity contribution in [1.82, 2.24) is 19.7 Å². The Labute approximate surface area is 165 Å². The number of rotatable bonds is 6. The highest BCUT2D eigenvalue weighted by atomic mass is 35.5. The SMILES string of the molecule is CCn1c(SC(C)C(=O)Nc2ccc(F)c(Cl)c2)nnc1-c1cccnc1. The van der Waals surface area contributed by atoms with Crippen LogP contribution in [0.2, 0.25) is 5.02 Å². The van der Waals surface area contributed by atoms with Crippen LogP contribution in [-0.2, 0) is 11.3 Å². The second-order valence-corrected chi connectivity index (χ2v) is 7.39. The number of anilines is 1. The Morgan fingerprint density at radius 3 is 2.85 bits per heavy atom. The molecule has 0 bridgehead atoms. The van der Waals surface area contributed by atoms with Gasteiger partial charge in [-0.2, -0.15) is 0 Å². The van der Waals surface area contributed by atoms with Gasteiger partial charge in [0.25, 0.3) is 0 Å². The average Bonchev–Trinajstić information content (AvgIpc) is 3.08. The largest absolute Gasteiger partial charge is 0.325 e. The highest BCUT2D eigenvalue weighted by Crippen LogP contribution is 2.27. The Morgan fingerprint density at radius 2 is 2.19 bits per heavy atom. The Hall–Kier alpha value is -2.45. The molecule has 0 aliphatic carbocycles. The molecule has 1 unspecified atom stereocenters. The second-order valence-electron chi connectivity index (χ2n) is 5.67. The fourth-order valence-electron chi connectivity index (χ4n) is 2.40. The van der Waals surface area contributed by atoms with E-state index in [0.29, 0.717) is 23.2 Å². The Balaban J connectivity index is 1.73. The first-order valence-electron chi connectivity index (χ1n) is 8.25. The van der Waals surface area contributed by atoms with Crippen molar-refractivity contribution in [1.29, 1.82) is 0 Å². The highest BCUT2D eigenvalue weighted by Gasteiger charge is 2.20. The highest BCUT2D eigenvalue weighted by molar-refractivity contribution is 8.00. The first kappa shape index (κ1) is 19.3. The third-order valence-corrected chi connectivity index (χ3v) is 5.16. The molecule has 3 aromatic rings. The first-order valence-corrected chi connectivity index (χ1v) is 9.51. The van der Waals surface area contributed by atoms with Gasteiger partial charge >= 0.3 is 0 Å². The van der Waals surface area contributed by atoms with E-state index in [-0.39, 0.29) is 10.9 Å². The average molecular weight is 406 g/mol. The number of thioether (sulfide) groups is 1. The molecule has 2 aromatic heterocycles. The quantitative estimate of drug-likeness (QED) is 0.620. The molecule has 0 saturated heterocycles. The normalized spacial score (nSPS) is 12.0. The van der Waals surface area contributed by atoms with E-state index in [0.717, 1.165) is 5.56 Å². The maximum Gasteiger partial charge on any atom is 0.237 e. The molecular formula is C18H17ClFN5OS. The van der Waals surface area contributed by atoms with Crippen LogP contribution in [0, 0.1) is 5.82 Å². The van der Waals surface area contributed by atoms with Crippen LogP contribution in [0.3, 0.4) is 0 Å². The third kappa shape index (κ3) is 4.45. The summed E-state index contributed by atoms with van der Waals surface area (Å²) in [6, 6.07) is 7.79. The molecule has 0 saturated carbocycles. The van der Waals surface area contributed by atoms with Gasteiger partial charge in [0.2, 0.25) is 5.91 Å². The minimum absolute atomic E-state index is 0.0417. The van der Waals surface area contributed by atoms with Crippen molar-refractivity contribution in [2.75, 3.05) is 5.32 Å². The van der Waals surface area contributed by atoms with Crippen molar-refractivity contribution in [2.24, 2.45) is 0 Å². The van der Waals surface area contributed by atoms with Crippen molar-refractivity contribution in [3.05, 3.63) is 53.6 Å². The van der Waals surface area contributed by atoms with Gasteiger partial charge in [-0.05, 0) is 44.2 Å². The summed E-state index contributed by atoms with van der Waals surface area (Å²) in [7, 11) is 0. The number of amides is 1. The summed E-state index contributed by atoms with van der Waals surface area (Å²) in [5, 5.41) is 11.3. The maximum atomic E-state index is 13.2. The third-order valence-electron chi connectivity index (χ3n) is 3.79. The van der Waals surface area contributed by atoms with Crippen LogP contribution in [-0.4, -0.2) is 30.9 Å². The van der Waals surface area contributed by atoms with Gasteiger partial charge in [-0.3, -0.25) is 9.78 Å². The van der Waals surface area contributed by atoms with Crippen LogP contribution >= 0.6 is 23.4 Å². The van der Waals surface area contributed by atoms with Gasteiger partial charge in [0.1, 0.15) is 5.82 Å². The van der Waals surface area contributed by atoms with Crippen molar-refractivity contribution in [3.8, 4) is 11.4 Å². The van der Waals surface area contributed by atoms with Crippen LogP contribution < -0.4 is 5.32 Å². The molecular weight excluding hydrogens is 389 g/mol. The summed E-state index contributed by atoms with van der Waals surface area (Å²) in [5.74, 6) is -0.0710. The fourth-order valence-corrected chi connectivity index (χ4v) is 3.49. The molecule has 1 atom stereocenters. The monoisotopic (exact) mass is 405 g/mol. The summed E-state index contributed by atoms with van der Waals surface area (Å²) in [6.45, 7) is 4.41. The summed E-state index contributed by atoms with van der Waals surface area (Å²) in [4.78, 5) is 16.6. The zero-order valence-corrected chi connectivity index (χ0v) is 16.3. The van der Waals surface area contributed by atoms with E-state index in [1.165, 1.54) is 30.0 Å². The number of nitrogens with zero attached hydrogens (tertiary/aromatic N) is 4. The molecule has 27 heavy (non-hydrogen) atoms. The number of pyridine rings is 1. The van der Waals surface area contributed by atoms with Gasteiger partial charge in [-0.25, -0.2) is 4.39 Å². The van der Waals surface area contributed by atoms with Crippen LogP contribution in [0.1, 0.15) is 13.8 Å². The topological polar surface area (TPSA) is 72.7 Å². The zero-order chi connectivity index (χ0) is 19.4. The Kier molecular flexibility index (Phi) is 6.08. The Morgan fingerprint density at radius 1 is 1.37 bits per heavy atom. The van der Waals surface area contributed by atoms with Crippen molar-refractivity contribution >= 4 is 35.0 Å². The fraction of sp³-hybridized carbons (Fsp3) is 0.222. The lowest BCUT2D eigenvalue weighted by molar-refractivity contribution is -0.115. The van der Waals surface area contributed by atoms with Gasteiger partial charge in [0.05, 0.1) is 10.3 Å². The molecule has 0 aliphatic heterocycles. The summed E-state index contributed by atoms with van der Waals surface area (Å²) >= 11 is 7.04. The van der Waals surface area contributed by atoms with Crippen LogP contribution in [0.5, 0.6) is 0 Å². The number of hydrogen-bond acceptors (Lipinski definition) is 5. The summed E-state index contributed by atoms with van der Waals surface area (Å²) in [5.41, 5.74) is 1.30. The zero-order valence-electron chi connectivity index (χ0n) is 14.7. The number of nitrogens with one attached hydrogen (secondary N) is 1. The van der Waals surface area contributed by atoms with E-state index in [9.17, 15) is 9.18 Å². The van der Waals surface area contributed by atoms with Crippen molar-refractivity contribution in [3.63, 3.8) is 0 Å². The Bertz CT molecular complexity index is 950. The number of benzene rings is 1. The second kappa shape index (κ2) is 8.49. The molecule has 0 radical (unpaired) electrons. The number of hydrogen-bond donors (Lipinski definition) is 1. The standard InChI is InChI=1S/C18H17ClFN5OS/c1-3-25-16(12-5-4-8-21-10-12)23-24-18(25)27-11(2)17(26)22-13-6-7-15(20)14(19)9-13/h4-11H,3H2,1-2H3,(H,22,26). The molecule has 6 nitrogen and oxygen atoms in total. The minimum atomic E-state index is -0.531. The van der Waals surface area contributed by atoms with E-state index >= 15 is 0 Å². The van der Waals surface area contributed by atoms with Crippen LogP contribution in [0.15, 0.2) is 47.9 Å².